The van der Waals surface area contributed by atoms with Crippen LogP contribution in [-0.4, -0.2) is 9.38 Å². The fourth-order valence-corrected chi connectivity index (χ4v) is 6.81. The molecule has 0 atom stereocenters. The Hall–Kier alpha value is -4.43. The van der Waals surface area contributed by atoms with E-state index in [0.717, 1.165) is 24.0 Å². The van der Waals surface area contributed by atoms with Crippen LogP contribution in [-0.2, 0) is 12.8 Å². The number of rotatable bonds is 0. The van der Waals surface area contributed by atoms with E-state index in [1.54, 1.807) is 0 Å². The van der Waals surface area contributed by atoms with Crippen LogP contribution in [0.1, 0.15) is 22.3 Å². The van der Waals surface area contributed by atoms with Crippen LogP contribution in [0.15, 0.2) is 97.1 Å². The molecule has 7 aromatic rings. The molecule has 2 aliphatic carbocycles. The number of aromatic nitrogens is 2. The molecule has 0 N–H and O–H groups in total. The van der Waals surface area contributed by atoms with Crippen LogP contribution in [0.5, 0.6) is 0 Å². The number of pyridine rings is 1. The number of hydrogen-bond donors (Lipinski definition) is 0. The Balaban J connectivity index is 1.44. The van der Waals surface area contributed by atoms with Crippen LogP contribution in [0.4, 0.5) is 0 Å². The average Bonchev–Trinajstić information content (AvgIpc) is 3.59. The summed E-state index contributed by atoms with van der Waals surface area (Å²) < 4.78 is 2.37. The highest BCUT2D eigenvalue weighted by Crippen LogP contribution is 2.50. The molecule has 9 rings (SSSR count). The van der Waals surface area contributed by atoms with Gasteiger partial charge in [-0.15, -0.1) is 0 Å². The lowest BCUT2D eigenvalue weighted by Gasteiger charge is -2.12. The SMILES string of the molecule is c1ccc2c(c1)Cc1ccc3c(c1-2)Cc1c-3ccc2c3ccccc3n3c4ccccc4nc3c12. The lowest BCUT2D eigenvalue weighted by Crippen LogP contribution is -1.95. The smallest absolute Gasteiger partial charge is 0.146 e. The zero-order chi connectivity index (χ0) is 22.7. The molecular weight excluding hydrogens is 424 g/mol. The second-order valence-corrected chi connectivity index (χ2v) is 9.93. The topological polar surface area (TPSA) is 17.3 Å². The number of fused-ring (bicyclic) bond motifs is 16. The first-order chi connectivity index (χ1) is 17.4. The molecule has 0 bridgehead atoms. The molecule has 2 heteroatoms. The lowest BCUT2D eigenvalue weighted by atomic mass is 9.95. The van der Waals surface area contributed by atoms with E-state index in [1.807, 2.05) is 0 Å². The Kier molecular flexibility index (Phi) is 3.16. The molecule has 162 valence electrons. The quantitative estimate of drug-likeness (QED) is 0.217. The number of imidazole rings is 1. The second-order valence-electron chi connectivity index (χ2n) is 9.93. The van der Waals surface area contributed by atoms with Gasteiger partial charge in [-0.2, -0.15) is 0 Å². The number of nitrogens with zero attached hydrogens (tertiary/aromatic N) is 2. The molecule has 0 unspecified atom stereocenters. The molecule has 2 aliphatic rings. The molecule has 0 radical (unpaired) electrons. The molecule has 0 saturated carbocycles. The van der Waals surface area contributed by atoms with Crippen molar-refractivity contribution >= 4 is 38.4 Å². The summed E-state index contributed by atoms with van der Waals surface area (Å²) in [5, 5.41) is 3.88. The predicted octanol–water partition coefficient (Wildman–Crippen LogP) is 7.94. The van der Waals surface area contributed by atoms with Crippen LogP contribution in [0.2, 0.25) is 0 Å². The maximum absolute atomic E-state index is 5.21. The Bertz CT molecular complexity index is 2060. The largest absolute Gasteiger partial charge is 0.292 e. The van der Waals surface area contributed by atoms with Crippen LogP contribution < -0.4 is 0 Å². The third-order valence-corrected chi connectivity index (χ3v) is 8.24. The number of hydrogen-bond acceptors (Lipinski definition) is 1. The zero-order valence-electron chi connectivity index (χ0n) is 19.0. The van der Waals surface area contributed by atoms with Gasteiger partial charge in [0, 0.05) is 17.2 Å². The van der Waals surface area contributed by atoms with Gasteiger partial charge >= 0.3 is 0 Å². The predicted molar refractivity (Wildman–Crippen MR) is 144 cm³/mol. The van der Waals surface area contributed by atoms with Crippen molar-refractivity contribution in [2.45, 2.75) is 12.8 Å². The lowest BCUT2D eigenvalue weighted by molar-refractivity contribution is 1.24. The van der Waals surface area contributed by atoms with Crippen molar-refractivity contribution in [1.82, 2.24) is 9.38 Å². The van der Waals surface area contributed by atoms with E-state index in [0.29, 0.717) is 0 Å². The van der Waals surface area contributed by atoms with E-state index < -0.39 is 0 Å². The highest BCUT2D eigenvalue weighted by molar-refractivity contribution is 6.17. The fraction of sp³-hybridized carbons (Fsp3) is 0.0606. The molecule has 2 aromatic heterocycles. The molecule has 35 heavy (non-hydrogen) atoms. The summed E-state index contributed by atoms with van der Waals surface area (Å²) >= 11 is 0. The Labute approximate surface area is 202 Å². The van der Waals surface area contributed by atoms with E-state index >= 15 is 0 Å². The minimum Gasteiger partial charge on any atom is -0.292 e. The summed E-state index contributed by atoms with van der Waals surface area (Å²) in [7, 11) is 0. The fourth-order valence-electron chi connectivity index (χ4n) is 6.81. The van der Waals surface area contributed by atoms with Gasteiger partial charge in [0.2, 0.25) is 0 Å². The first kappa shape index (κ1) is 18.0. The summed E-state index contributed by atoms with van der Waals surface area (Å²) in [4.78, 5) is 5.21. The van der Waals surface area contributed by atoms with E-state index in [-0.39, 0.29) is 0 Å². The minimum absolute atomic E-state index is 0.955. The van der Waals surface area contributed by atoms with Gasteiger partial charge in [0.05, 0.1) is 16.6 Å². The van der Waals surface area contributed by atoms with Gasteiger partial charge in [0.25, 0.3) is 0 Å². The molecule has 0 amide bonds. The number of benzene rings is 5. The van der Waals surface area contributed by atoms with Crippen molar-refractivity contribution in [3.05, 3.63) is 119 Å². The summed E-state index contributed by atoms with van der Waals surface area (Å²) in [5.74, 6) is 0. The van der Waals surface area contributed by atoms with Gasteiger partial charge in [-0.3, -0.25) is 4.40 Å². The van der Waals surface area contributed by atoms with E-state index in [1.165, 1.54) is 71.7 Å². The van der Waals surface area contributed by atoms with Gasteiger partial charge < -0.3 is 0 Å². The van der Waals surface area contributed by atoms with Crippen molar-refractivity contribution in [2.24, 2.45) is 0 Å². The zero-order valence-corrected chi connectivity index (χ0v) is 19.0. The van der Waals surface area contributed by atoms with Crippen LogP contribution in [0.25, 0.3) is 60.6 Å². The third-order valence-electron chi connectivity index (χ3n) is 8.24. The summed E-state index contributed by atoms with van der Waals surface area (Å²) in [6.07, 6.45) is 1.99. The van der Waals surface area contributed by atoms with E-state index in [4.69, 9.17) is 4.98 Å². The van der Waals surface area contributed by atoms with Crippen LogP contribution in [0.3, 0.4) is 0 Å². The maximum Gasteiger partial charge on any atom is 0.146 e. The number of para-hydroxylation sites is 3. The Morgan fingerprint density at radius 3 is 2.29 bits per heavy atom. The maximum atomic E-state index is 5.21. The second kappa shape index (κ2) is 6.17. The van der Waals surface area contributed by atoms with Gasteiger partial charge in [-0.25, -0.2) is 4.98 Å². The van der Waals surface area contributed by atoms with Gasteiger partial charge in [0.15, 0.2) is 0 Å². The van der Waals surface area contributed by atoms with Crippen molar-refractivity contribution in [3.63, 3.8) is 0 Å². The molecule has 0 spiro atoms. The van der Waals surface area contributed by atoms with Gasteiger partial charge in [-0.1, -0.05) is 78.9 Å². The highest BCUT2D eigenvalue weighted by Gasteiger charge is 2.30. The van der Waals surface area contributed by atoms with Gasteiger partial charge in [0.1, 0.15) is 5.65 Å². The molecule has 5 aromatic carbocycles. The van der Waals surface area contributed by atoms with Crippen LogP contribution in [0, 0.1) is 0 Å². The van der Waals surface area contributed by atoms with Crippen molar-refractivity contribution in [1.29, 1.82) is 0 Å². The normalized spacial score (nSPS) is 13.5. The molecular formula is C33H20N2. The Morgan fingerprint density at radius 1 is 0.543 bits per heavy atom. The van der Waals surface area contributed by atoms with Crippen molar-refractivity contribution in [2.75, 3.05) is 0 Å². The van der Waals surface area contributed by atoms with E-state index in [9.17, 15) is 0 Å². The highest BCUT2D eigenvalue weighted by atomic mass is 15.0. The van der Waals surface area contributed by atoms with E-state index in [2.05, 4.69) is 101 Å². The van der Waals surface area contributed by atoms with Crippen LogP contribution >= 0.6 is 0 Å². The molecule has 2 heterocycles. The Morgan fingerprint density at radius 2 is 1.31 bits per heavy atom. The van der Waals surface area contributed by atoms with Crippen molar-refractivity contribution in [3.8, 4) is 22.3 Å². The monoisotopic (exact) mass is 444 g/mol. The molecule has 0 fully saturated rings. The average molecular weight is 445 g/mol. The molecule has 0 aliphatic heterocycles. The van der Waals surface area contributed by atoms with Gasteiger partial charge in [-0.05, 0) is 74.5 Å². The molecule has 0 saturated heterocycles. The third kappa shape index (κ3) is 2.14. The minimum atomic E-state index is 0.955. The summed E-state index contributed by atoms with van der Waals surface area (Å²) in [5.41, 5.74) is 16.0. The first-order valence-electron chi connectivity index (χ1n) is 12.3. The standard InChI is InChI=1S/C33H20N2/c1-2-8-21-19(7-1)17-20-13-14-22-23-15-16-25-24-9-3-5-11-29(24)35-30-12-6-4-10-28(30)34-33(35)32(25)27(23)18-26(22)31(20)21/h1-16H,17-18H2. The van der Waals surface area contributed by atoms with Crippen molar-refractivity contribution < 1.29 is 0 Å². The summed E-state index contributed by atoms with van der Waals surface area (Å²) in [6, 6.07) is 35.6. The molecule has 2 nitrogen and oxygen atoms in total. The summed E-state index contributed by atoms with van der Waals surface area (Å²) in [6.45, 7) is 0. The first-order valence-corrected chi connectivity index (χ1v) is 12.3.